The maximum atomic E-state index is 15.5. The number of hydrogen-bond donors (Lipinski definition) is 2. The number of nitrogens with zero attached hydrogens (tertiary/aromatic N) is 8. The molecule has 4 heterocycles. The summed E-state index contributed by atoms with van der Waals surface area (Å²) in [5.74, 6) is -0.361. The van der Waals surface area contributed by atoms with Crippen LogP contribution in [0.2, 0.25) is 0 Å². The third kappa shape index (κ3) is 11.7. The van der Waals surface area contributed by atoms with Gasteiger partial charge in [-0.3, -0.25) is 14.2 Å². The third-order valence-electron chi connectivity index (χ3n) is 12.9. The van der Waals surface area contributed by atoms with Gasteiger partial charge in [-0.25, -0.2) is 36.8 Å². The van der Waals surface area contributed by atoms with Gasteiger partial charge in [-0.05, 0) is 123 Å². The average molecular weight is 1080 g/mol. The van der Waals surface area contributed by atoms with E-state index in [0.717, 1.165) is 22.3 Å². The first-order chi connectivity index (χ1) is 37.7. The highest BCUT2D eigenvalue weighted by Crippen LogP contribution is 2.34. The van der Waals surface area contributed by atoms with Crippen molar-refractivity contribution in [2.75, 3.05) is 9.44 Å². The van der Waals surface area contributed by atoms with Crippen LogP contribution >= 0.6 is 0 Å². The molecule has 0 bridgehead atoms. The molecular weight excluding hydrogens is 1020 g/mol. The fourth-order valence-electron chi connectivity index (χ4n) is 8.58. The second-order valence-electron chi connectivity index (χ2n) is 18.3. The van der Waals surface area contributed by atoms with Gasteiger partial charge in [-0.15, -0.1) is 0 Å². The Morgan fingerprint density at radius 3 is 1.23 bits per heavy atom. The molecule has 2 atom stereocenters. The summed E-state index contributed by atoms with van der Waals surface area (Å²) in [5, 5.41) is 0. The maximum absolute atomic E-state index is 15.5. The van der Waals surface area contributed by atoms with Crippen LogP contribution in [-0.4, -0.2) is 61.7 Å². The molecule has 10 rings (SSSR count). The van der Waals surface area contributed by atoms with Crippen molar-refractivity contribution < 1.29 is 31.1 Å². The van der Waals surface area contributed by atoms with Gasteiger partial charge in [0, 0.05) is 24.5 Å². The largest absolute Gasteiger partial charge is 0.437 e. The number of ketones is 1. The molecular formula is C59H52N10O7S2. The summed E-state index contributed by atoms with van der Waals surface area (Å²) in [7, 11) is -7.85. The Kier molecular flexibility index (Phi) is 15.0. The molecule has 0 saturated carbocycles. The third-order valence-corrected chi connectivity index (χ3v) is 15.7. The molecule has 2 N–H and O–H groups in total. The number of nitrogens with one attached hydrogen (secondary N) is 2. The van der Waals surface area contributed by atoms with Crippen LogP contribution in [0.3, 0.4) is 0 Å². The first kappa shape index (κ1) is 52.1. The topological polar surface area (TPSA) is 215 Å². The first-order valence-electron chi connectivity index (χ1n) is 24.9. The van der Waals surface area contributed by atoms with Crippen molar-refractivity contribution in [2.24, 2.45) is 0 Å². The molecule has 0 aliphatic rings. The predicted octanol–water partition coefficient (Wildman–Crippen LogP) is 11.7. The summed E-state index contributed by atoms with van der Waals surface area (Å²) >= 11 is 0. The number of anilines is 2. The highest BCUT2D eigenvalue weighted by Gasteiger charge is 2.28. The average Bonchev–Trinajstić information content (AvgIpc) is 4.11. The molecule has 4 aromatic heterocycles. The Balaban J connectivity index is 0.977. The standard InChI is InChI=1S/C59H52N10O7S2/c1-5-68-37-64-53-56(68)60-35-62-58(53)75-47-25-11-41(12-26-47)15-33-51(43-17-21-45(22-18-43)66-77(71,72)49-29-7-39(3)8-30-49)55(70)52(44-19-23-46(24-20-44)67-78(73,74)50-31-9-40(4)10-32-50)34-16-42-13-27-48(28-14-42)76-59-54-57(61-36-63-59)69(6-2)38-65-54/h7-38,51-52,66-67H,5-6H2,1-4H3/b33-15+,34-16+. The Morgan fingerprint density at radius 2 is 0.872 bits per heavy atom. The van der Waals surface area contributed by atoms with Crippen LogP contribution in [0.25, 0.3) is 34.5 Å². The second kappa shape index (κ2) is 22.5. The van der Waals surface area contributed by atoms with E-state index >= 15 is 4.79 Å². The van der Waals surface area contributed by atoms with Crippen molar-refractivity contribution in [3.63, 3.8) is 0 Å². The van der Waals surface area contributed by atoms with Crippen molar-refractivity contribution in [3.05, 3.63) is 216 Å². The van der Waals surface area contributed by atoms with Crippen LogP contribution in [0, 0.1) is 13.8 Å². The number of fused-ring (bicyclic) bond motifs is 2. The number of sulfonamides is 2. The highest BCUT2D eigenvalue weighted by molar-refractivity contribution is 7.93. The second-order valence-corrected chi connectivity index (χ2v) is 21.6. The van der Waals surface area contributed by atoms with Gasteiger partial charge in [0.2, 0.25) is 0 Å². The lowest BCUT2D eigenvalue weighted by Crippen LogP contribution is -2.19. The van der Waals surface area contributed by atoms with E-state index < -0.39 is 31.9 Å². The Hall–Kier alpha value is -9.33. The molecule has 19 heteroatoms. The highest BCUT2D eigenvalue weighted by atomic mass is 32.2. The number of imidazole rings is 2. The molecule has 0 aliphatic heterocycles. The SMILES string of the molecule is CCn1cnc2c(Oc3ccc(/C=C/C(C(=O)C(/C=C/c4ccc(Oc5ncnc6c5ncn6CC)cc4)c4ccc(NS(=O)(=O)c5ccc(C)cc5)cc4)c4ccc(NS(=O)(=O)c5ccc(C)cc5)cc4)cc3)ncnc21. The van der Waals surface area contributed by atoms with Crippen molar-refractivity contribution in [1.82, 2.24) is 39.0 Å². The molecule has 0 aliphatic carbocycles. The van der Waals surface area contributed by atoms with E-state index in [0.29, 0.717) is 81.2 Å². The van der Waals surface area contributed by atoms with Crippen LogP contribution in [0.1, 0.15) is 59.1 Å². The zero-order chi connectivity index (χ0) is 54.4. The Labute approximate surface area is 451 Å². The van der Waals surface area contributed by atoms with E-state index in [1.165, 1.54) is 12.7 Å². The van der Waals surface area contributed by atoms with Gasteiger partial charge in [0.25, 0.3) is 31.8 Å². The summed E-state index contributed by atoms with van der Waals surface area (Å²) in [5.41, 5.74) is 7.52. The van der Waals surface area contributed by atoms with Crippen LogP contribution < -0.4 is 18.9 Å². The molecule has 0 spiro atoms. The van der Waals surface area contributed by atoms with Crippen molar-refractivity contribution in [2.45, 2.75) is 62.4 Å². The number of aromatic nitrogens is 8. The van der Waals surface area contributed by atoms with Crippen molar-refractivity contribution >= 4 is 71.7 Å². The lowest BCUT2D eigenvalue weighted by molar-refractivity contribution is -0.120. The van der Waals surface area contributed by atoms with Gasteiger partial charge in [0.15, 0.2) is 28.1 Å². The zero-order valence-corrected chi connectivity index (χ0v) is 44.4. The summed E-state index contributed by atoms with van der Waals surface area (Å²) in [6, 6.07) is 41.1. The van der Waals surface area contributed by atoms with E-state index in [1.807, 2.05) is 73.2 Å². The number of ether oxygens (including phenoxy) is 2. The molecule has 0 radical (unpaired) electrons. The monoisotopic (exact) mass is 1080 g/mol. The number of rotatable bonds is 20. The smallest absolute Gasteiger partial charge is 0.261 e. The maximum Gasteiger partial charge on any atom is 0.261 e. The van der Waals surface area contributed by atoms with Crippen LogP contribution in [0.5, 0.6) is 23.3 Å². The molecule has 0 fully saturated rings. The van der Waals surface area contributed by atoms with Gasteiger partial charge in [-0.1, -0.05) is 108 Å². The predicted molar refractivity (Wildman–Crippen MR) is 300 cm³/mol. The number of aryl methyl sites for hydroxylation is 4. The normalized spacial score (nSPS) is 12.8. The summed E-state index contributed by atoms with van der Waals surface area (Å²) in [4.78, 5) is 42.0. The molecule has 10 aromatic rings. The number of allylic oxidation sites excluding steroid dienone is 2. The number of benzene rings is 6. The van der Waals surface area contributed by atoms with Gasteiger partial charge < -0.3 is 18.6 Å². The molecule has 17 nitrogen and oxygen atoms in total. The zero-order valence-electron chi connectivity index (χ0n) is 42.8. The van der Waals surface area contributed by atoms with E-state index in [1.54, 1.807) is 146 Å². The minimum Gasteiger partial charge on any atom is -0.437 e. The summed E-state index contributed by atoms with van der Waals surface area (Å²) in [6.07, 6.45) is 13.5. The fraction of sp³-hybridized carbons (Fsp3) is 0.136. The number of Topliss-reactive ketones (excluding diaryl/α,β-unsaturated/α-hetero) is 1. The van der Waals surface area contributed by atoms with Crippen LogP contribution in [-0.2, 0) is 37.9 Å². The molecule has 2 unspecified atom stereocenters. The molecule has 78 heavy (non-hydrogen) atoms. The van der Waals surface area contributed by atoms with Crippen LogP contribution in [0.15, 0.2) is 193 Å². The minimum atomic E-state index is -3.93. The molecule has 392 valence electrons. The van der Waals surface area contributed by atoms with Gasteiger partial charge in [-0.2, -0.15) is 9.97 Å². The Morgan fingerprint density at radius 1 is 0.500 bits per heavy atom. The number of carbonyl (C=O) groups excluding carboxylic acids is 1. The lowest BCUT2D eigenvalue weighted by Gasteiger charge is -2.20. The van der Waals surface area contributed by atoms with Gasteiger partial charge in [0.1, 0.15) is 24.2 Å². The molecule has 0 amide bonds. The number of carbonyl (C=O) groups is 1. The Bertz CT molecular complexity index is 3790. The summed E-state index contributed by atoms with van der Waals surface area (Å²) in [6.45, 7) is 9.12. The van der Waals surface area contributed by atoms with Crippen LogP contribution in [0.4, 0.5) is 11.4 Å². The van der Waals surface area contributed by atoms with Crippen molar-refractivity contribution in [1.29, 1.82) is 0 Å². The first-order valence-corrected chi connectivity index (χ1v) is 27.9. The minimum absolute atomic E-state index is 0.111. The van der Waals surface area contributed by atoms with Gasteiger partial charge >= 0.3 is 0 Å². The van der Waals surface area contributed by atoms with Gasteiger partial charge in [0.05, 0.1) is 34.3 Å². The van der Waals surface area contributed by atoms with E-state index in [4.69, 9.17) is 9.47 Å². The molecule has 6 aromatic carbocycles. The van der Waals surface area contributed by atoms with E-state index in [-0.39, 0.29) is 15.6 Å². The number of hydrogen-bond acceptors (Lipinski definition) is 13. The molecule has 0 saturated heterocycles. The fourth-order valence-corrected chi connectivity index (χ4v) is 10.7. The van der Waals surface area contributed by atoms with Crippen molar-refractivity contribution in [3.8, 4) is 23.3 Å². The van der Waals surface area contributed by atoms with E-state index in [9.17, 15) is 16.8 Å². The quantitative estimate of drug-likeness (QED) is 0.0727. The van der Waals surface area contributed by atoms with E-state index in [2.05, 4.69) is 39.3 Å². The lowest BCUT2D eigenvalue weighted by atomic mass is 9.82. The summed E-state index contributed by atoms with van der Waals surface area (Å²) < 4.78 is 75.1.